The molecule has 0 atom stereocenters. The molecule has 88 valence electrons. The zero-order valence-electron chi connectivity index (χ0n) is 9.49. The van der Waals surface area contributed by atoms with E-state index in [1.165, 1.54) is 0 Å². The van der Waals surface area contributed by atoms with Crippen LogP contribution in [0, 0.1) is 11.3 Å². The predicted molar refractivity (Wildman–Crippen MR) is 66.7 cm³/mol. The first-order valence-corrected chi connectivity index (χ1v) is 6.10. The van der Waals surface area contributed by atoms with Gasteiger partial charge in [-0.05, 0) is 17.5 Å². The summed E-state index contributed by atoms with van der Waals surface area (Å²) in [6, 6.07) is 7.68. The molecule has 0 radical (unpaired) electrons. The van der Waals surface area contributed by atoms with Crippen molar-refractivity contribution in [3.8, 4) is 28.4 Å². The Kier molecular flexibility index (Phi) is 2.46. The molecule has 6 heteroatoms. The van der Waals surface area contributed by atoms with Gasteiger partial charge >= 0.3 is 0 Å². The zero-order chi connectivity index (χ0) is 12.5. The third-order valence-electron chi connectivity index (χ3n) is 2.52. The minimum Gasteiger partial charge on any atom is -0.345 e. The maximum Gasteiger partial charge on any atom is 0.274 e. The molecule has 0 spiro atoms. The number of hydrogen-bond acceptors (Lipinski definition) is 5. The summed E-state index contributed by atoms with van der Waals surface area (Å²) in [6.07, 6.45) is 1.73. The molecule has 0 amide bonds. The van der Waals surface area contributed by atoms with Crippen LogP contribution in [0.1, 0.15) is 5.56 Å². The van der Waals surface area contributed by atoms with Crippen molar-refractivity contribution in [2.24, 2.45) is 7.05 Å². The van der Waals surface area contributed by atoms with Crippen LogP contribution in [0.4, 0.5) is 0 Å². The molecule has 0 N–H and O–H groups in total. The van der Waals surface area contributed by atoms with E-state index in [2.05, 4.69) is 16.2 Å². The Labute approximate surface area is 107 Å². The van der Waals surface area contributed by atoms with Gasteiger partial charge in [0.15, 0.2) is 0 Å². The average Bonchev–Trinajstić information content (AvgIpc) is 3.08. The van der Waals surface area contributed by atoms with Gasteiger partial charge in [-0.1, -0.05) is 11.2 Å². The van der Waals surface area contributed by atoms with E-state index >= 15 is 0 Å². The van der Waals surface area contributed by atoms with E-state index in [0.717, 1.165) is 10.6 Å². The Morgan fingerprint density at radius 3 is 3.06 bits per heavy atom. The number of thiophene rings is 1. The second kappa shape index (κ2) is 4.13. The van der Waals surface area contributed by atoms with E-state index in [1.54, 1.807) is 28.2 Å². The topological polar surface area (TPSA) is 67.6 Å². The molecule has 0 unspecified atom stereocenters. The maximum atomic E-state index is 8.85. The Bertz CT molecular complexity index is 718. The zero-order valence-corrected chi connectivity index (χ0v) is 10.3. The highest BCUT2D eigenvalue weighted by Crippen LogP contribution is 2.25. The molecule has 0 aliphatic carbocycles. The Morgan fingerprint density at radius 1 is 1.50 bits per heavy atom. The summed E-state index contributed by atoms with van der Waals surface area (Å²) in [5.74, 6) is 0.988. The van der Waals surface area contributed by atoms with Gasteiger partial charge in [0.05, 0.1) is 10.4 Å². The summed E-state index contributed by atoms with van der Waals surface area (Å²) >= 11 is 1.55. The maximum absolute atomic E-state index is 8.85. The van der Waals surface area contributed by atoms with Crippen LogP contribution in [0.25, 0.3) is 22.3 Å². The lowest BCUT2D eigenvalue weighted by molar-refractivity contribution is 0.429. The second-order valence-electron chi connectivity index (χ2n) is 3.74. The lowest BCUT2D eigenvalue weighted by Crippen LogP contribution is -1.88. The molecule has 3 rings (SSSR count). The molecular weight excluding hydrogens is 248 g/mol. The second-order valence-corrected chi connectivity index (χ2v) is 4.68. The predicted octanol–water partition coefficient (Wildman–Crippen LogP) is 2.68. The van der Waals surface area contributed by atoms with Gasteiger partial charge in [0.25, 0.3) is 5.89 Å². The molecule has 3 aromatic heterocycles. The van der Waals surface area contributed by atoms with Crippen LogP contribution in [-0.2, 0) is 7.05 Å². The third kappa shape index (κ3) is 1.71. The number of nitriles is 1. The van der Waals surface area contributed by atoms with Gasteiger partial charge in [-0.2, -0.15) is 10.2 Å². The SMILES string of the molecule is Cn1cc(C#N)cc1-c1nc(-c2cccs2)no1. The highest BCUT2D eigenvalue weighted by molar-refractivity contribution is 7.13. The minimum atomic E-state index is 0.419. The molecule has 0 fully saturated rings. The minimum absolute atomic E-state index is 0.419. The van der Waals surface area contributed by atoms with E-state index in [9.17, 15) is 0 Å². The third-order valence-corrected chi connectivity index (χ3v) is 3.39. The molecule has 0 saturated carbocycles. The molecule has 3 heterocycles. The first kappa shape index (κ1) is 10.7. The van der Waals surface area contributed by atoms with Crippen LogP contribution >= 0.6 is 11.3 Å². The quantitative estimate of drug-likeness (QED) is 0.707. The monoisotopic (exact) mass is 256 g/mol. The van der Waals surface area contributed by atoms with Crippen molar-refractivity contribution >= 4 is 11.3 Å². The lowest BCUT2D eigenvalue weighted by atomic mass is 10.3. The fourth-order valence-electron chi connectivity index (χ4n) is 1.67. The van der Waals surface area contributed by atoms with Crippen molar-refractivity contribution in [3.05, 3.63) is 35.3 Å². The van der Waals surface area contributed by atoms with Crippen LogP contribution in [0.2, 0.25) is 0 Å². The number of rotatable bonds is 2. The van der Waals surface area contributed by atoms with Crippen molar-refractivity contribution in [3.63, 3.8) is 0 Å². The van der Waals surface area contributed by atoms with Gasteiger partial charge in [-0.25, -0.2) is 0 Å². The van der Waals surface area contributed by atoms with Gasteiger partial charge in [-0.3, -0.25) is 0 Å². The summed E-state index contributed by atoms with van der Waals surface area (Å²) in [7, 11) is 1.84. The van der Waals surface area contributed by atoms with Gasteiger partial charge in [0.1, 0.15) is 11.8 Å². The van der Waals surface area contributed by atoms with Crippen LogP contribution in [0.3, 0.4) is 0 Å². The number of aromatic nitrogens is 3. The molecule has 0 aliphatic rings. The Morgan fingerprint density at radius 2 is 2.39 bits per heavy atom. The molecule has 3 aromatic rings. The van der Waals surface area contributed by atoms with Crippen molar-refractivity contribution in [1.29, 1.82) is 5.26 Å². The number of aryl methyl sites for hydroxylation is 1. The lowest BCUT2D eigenvalue weighted by Gasteiger charge is -1.94. The Balaban J connectivity index is 2.03. The molecule has 5 nitrogen and oxygen atoms in total. The number of nitrogens with zero attached hydrogens (tertiary/aromatic N) is 4. The molecule has 0 bridgehead atoms. The smallest absolute Gasteiger partial charge is 0.274 e. The fraction of sp³-hybridized carbons (Fsp3) is 0.0833. The normalized spacial score (nSPS) is 10.4. The Hall–Kier alpha value is -2.39. The van der Waals surface area contributed by atoms with Crippen molar-refractivity contribution in [2.45, 2.75) is 0 Å². The summed E-state index contributed by atoms with van der Waals surface area (Å²) in [5, 5.41) is 14.7. The van der Waals surface area contributed by atoms with E-state index in [1.807, 2.05) is 24.6 Å². The fourth-order valence-corrected chi connectivity index (χ4v) is 2.32. The van der Waals surface area contributed by atoms with Crippen molar-refractivity contribution in [1.82, 2.24) is 14.7 Å². The van der Waals surface area contributed by atoms with Crippen LogP contribution in [0.5, 0.6) is 0 Å². The van der Waals surface area contributed by atoms with E-state index in [4.69, 9.17) is 9.78 Å². The highest BCUT2D eigenvalue weighted by Gasteiger charge is 2.14. The molecular formula is C12H8N4OS. The molecule has 0 saturated heterocycles. The first-order valence-electron chi connectivity index (χ1n) is 5.22. The van der Waals surface area contributed by atoms with E-state index in [0.29, 0.717) is 17.3 Å². The van der Waals surface area contributed by atoms with E-state index < -0.39 is 0 Å². The summed E-state index contributed by atoms with van der Waals surface area (Å²) < 4.78 is 7.02. The van der Waals surface area contributed by atoms with Crippen LogP contribution in [-0.4, -0.2) is 14.7 Å². The average molecular weight is 256 g/mol. The summed E-state index contributed by atoms with van der Waals surface area (Å²) in [5.41, 5.74) is 1.31. The molecule has 0 aromatic carbocycles. The first-order chi connectivity index (χ1) is 8.78. The van der Waals surface area contributed by atoms with Crippen LogP contribution < -0.4 is 0 Å². The van der Waals surface area contributed by atoms with Gasteiger partial charge < -0.3 is 9.09 Å². The molecule has 0 aliphatic heterocycles. The van der Waals surface area contributed by atoms with Gasteiger partial charge in [0, 0.05) is 13.2 Å². The number of hydrogen-bond donors (Lipinski definition) is 0. The standard InChI is InChI=1S/C12H8N4OS/c1-16-7-8(6-13)5-9(16)12-14-11(15-17-12)10-3-2-4-18-10/h2-5,7H,1H3. The van der Waals surface area contributed by atoms with Gasteiger partial charge in [0.2, 0.25) is 5.82 Å². The van der Waals surface area contributed by atoms with Crippen molar-refractivity contribution in [2.75, 3.05) is 0 Å². The summed E-state index contributed by atoms with van der Waals surface area (Å²) in [4.78, 5) is 5.29. The van der Waals surface area contributed by atoms with Gasteiger partial charge in [-0.15, -0.1) is 11.3 Å². The van der Waals surface area contributed by atoms with E-state index in [-0.39, 0.29) is 0 Å². The molecule has 18 heavy (non-hydrogen) atoms. The highest BCUT2D eigenvalue weighted by atomic mass is 32.1. The van der Waals surface area contributed by atoms with Crippen LogP contribution in [0.15, 0.2) is 34.3 Å². The largest absolute Gasteiger partial charge is 0.345 e. The summed E-state index contributed by atoms with van der Waals surface area (Å²) in [6.45, 7) is 0. The van der Waals surface area contributed by atoms with Crippen molar-refractivity contribution < 1.29 is 4.52 Å².